The minimum absolute atomic E-state index is 0.0440. The molecule has 62 valence electrons. The van der Waals surface area contributed by atoms with Gasteiger partial charge in [-0.3, -0.25) is 19.9 Å². The van der Waals surface area contributed by atoms with E-state index in [9.17, 15) is 14.9 Å². The Hall–Kier alpha value is -1.78. The Balaban J connectivity index is 3.27. The van der Waals surface area contributed by atoms with Crippen molar-refractivity contribution in [3.8, 4) is 0 Å². The molecule has 0 N–H and O–H groups in total. The van der Waals surface area contributed by atoms with Gasteiger partial charge in [-0.25, -0.2) is 0 Å². The van der Waals surface area contributed by atoms with Crippen molar-refractivity contribution in [1.29, 1.82) is 0 Å². The zero-order valence-electron chi connectivity index (χ0n) is 6.35. The highest BCUT2D eigenvalue weighted by Gasteiger charge is 2.15. The van der Waals surface area contributed by atoms with Crippen LogP contribution in [-0.4, -0.2) is 15.7 Å². The second-order valence-electron chi connectivity index (χ2n) is 2.21. The number of rotatable bonds is 2. The van der Waals surface area contributed by atoms with Gasteiger partial charge in [-0.1, -0.05) is 0 Å². The monoisotopic (exact) mass is 166 g/mol. The number of hydrogen-bond donors (Lipinski definition) is 0. The van der Waals surface area contributed by atoms with E-state index in [-0.39, 0.29) is 17.0 Å². The maximum atomic E-state index is 10.8. The van der Waals surface area contributed by atoms with Crippen LogP contribution in [0.1, 0.15) is 17.3 Å². The molecule has 1 aromatic rings. The molecule has 0 aliphatic carbocycles. The second-order valence-corrected chi connectivity index (χ2v) is 2.21. The zero-order valence-corrected chi connectivity index (χ0v) is 6.35. The topological polar surface area (TPSA) is 73.1 Å². The van der Waals surface area contributed by atoms with E-state index in [2.05, 4.69) is 4.98 Å². The number of aromatic nitrogens is 1. The fourth-order valence-electron chi connectivity index (χ4n) is 0.818. The Morgan fingerprint density at radius 1 is 1.67 bits per heavy atom. The fraction of sp³-hybridized carbons (Fsp3) is 0.143. The van der Waals surface area contributed by atoms with Gasteiger partial charge in [0.1, 0.15) is 5.56 Å². The summed E-state index contributed by atoms with van der Waals surface area (Å²) in [4.78, 5) is 24.2. The number of pyridine rings is 1. The lowest BCUT2D eigenvalue weighted by Crippen LogP contribution is -2.00. The normalized spacial score (nSPS) is 9.42. The van der Waals surface area contributed by atoms with E-state index in [1.165, 1.54) is 25.4 Å². The van der Waals surface area contributed by atoms with Gasteiger partial charge in [0.25, 0.3) is 5.69 Å². The molecule has 0 radical (unpaired) electrons. The molecule has 0 saturated carbocycles. The van der Waals surface area contributed by atoms with Crippen molar-refractivity contribution in [2.45, 2.75) is 6.92 Å². The predicted molar refractivity (Wildman–Crippen MR) is 40.9 cm³/mol. The van der Waals surface area contributed by atoms with Crippen molar-refractivity contribution in [1.82, 2.24) is 4.98 Å². The molecule has 1 rings (SSSR count). The minimum Gasteiger partial charge on any atom is -0.294 e. The van der Waals surface area contributed by atoms with Crippen molar-refractivity contribution in [2.75, 3.05) is 0 Å². The van der Waals surface area contributed by atoms with Crippen molar-refractivity contribution >= 4 is 11.5 Å². The minimum atomic E-state index is -0.599. The van der Waals surface area contributed by atoms with Crippen molar-refractivity contribution in [3.05, 3.63) is 34.1 Å². The first-order valence-electron chi connectivity index (χ1n) is 3.22. The van der Waals surface area contributed by atoms with Crippen molar-refractivity contribution in [2.24, 2.45) is 0 Å². The smallest absolute Gasteiger partial charge is 0.283 e. The highest BCUT2D eigenvalue weighted by atomic mass is 16.6. The van der Waals surface area contributed by atoms with E-state index in [0.29, 0.717) is 0 Å². The van der Waals surface area contributed by atoms with Crippen LogP contribution in [0.3, 0.4) is 0 Å². The Morgan fingerprint density at radius 3 is 2.75 bits per heavy atom. The summed E-state index contributed by atoms with van der Waals surface area (Å²) in [5, 5.41) is 10.4. The molecule has 0 aliphatic heterocycles. The first-order chi connectivity index (χ1) is 5.63. The Kier molecular flexibility index (Phi) is 2.14. The van der Waals surface area contributed by atoms with E-state index >= 15 is 0 Å². The summed E-state index contributed by atoms with van der Waals surface area (Å²) in [6.45, 7) is 1.27. The fourth-order valence-corrected chi connectivity index (χ4v) is 0.818. The number of nitro groups is 1. The third-order valence-corrected chi connectivity index (χ3v) is 1.37. The highest BCUT2D eigenvalue weighted by Crippen LogP contribution is 2.15. The molecule has 1 aromatic heterocycles. The van der Waals surface area contributed by atoms with Crippen LogP contribution in [0, 0.1) is 10.1 Å². The molecule has 5 nitrogen and oxygen atoms in total. The number of nitrogens with zero attached hydrogens (tertiary/aromatic N) is 2. The summed E-state index contributed by atoms with van der Waals surface area (Å²) in [5.74, 6) is -0.352. The maximum absolute atomic E-state index is 10.8. The molecule has 12 heavy (non-hydrogen) atoms. The lowest BCUT2D eigenvalue weighted by molar-refractivity contribution is -0.385. The lowest BCUT2D eigenvalue weighted by atomic mass is 10.2. The molecule has 0 aliphatic rings. The average Bonchev–Trinajstić information content (AvgIpc) is 2.04. The molecule has 0 aromatic carbocycles. The molecule has 0 spiro atoms. The van der Waals surface area contributed by atoms with Gasteiger partial charge in [-0.2, -0.15) is 0 Å². The Labute approximate surface area is 68.2 Å². The molecule has 1 heterocycles. The van der Waals surface area contributed by atoms with Gasteiger partial charge in [-0.05, 0) is 6.92 Å². The maximum Gasteiger partial charge on any atom is 0.283 e. The number of ketones is 1. The summed E-state index contributed by atoms with van der Waals surface area (Å²) in [7, 11) is 0. The van der Waals surface area contributed by atoms with Gasteiger partial charge in [-0.15, -0.1) is 0 Å². The summed E-state index contributed by atoms with van der Waals surface area (Å²) >= 11 is 0. The molecule has 0 atom stereocenters. The van der Waals surface area contributed by atoms with Crippen LogP contribution in [0.5, 0.6) is 0 Å². The van der Waals surface area contributed by atoms with Crippen LogP contribution in [-0.2, 0) is 0 Å². The molecule has 0 amide bonds. The SMILES string of the molecule is CC(=O)c1cnccc1[N+](=O)[O-]. The second kappa shape index (κ2) is 3.08. The lowest BCUT2D eigenvalue weighted by Gasteiger charge is -1.95. The van der Waals surface area contributed by atoms with E-state index < -0.39 is 4.92 Å². The standard InChI is InChI=1S/C7H6N2O3/c1-5(10)6-4-8-3-2-7(6)9(11)12/h2-4H,1H3. The van der Waals surface area contributed by atoms with Gasteiger partial charge in [0.05, 0.1) is 4.92 Å². The molecule has 5 heteroatoms. The summed E-state index contributed by atoms with van der Waals surface area (Å²) in [5.41, 5.74) is -0.153. The van der Waals surface area contributed by atoms with Crippen LogP contribution >= 0.6 is 0 Å². The number of Topliss-reactive ketones (excluding diaryl/α,β-unsaturated/α-hetero) is 1. The summed E-state index contributed by atoms with van der Waals surface area (Å²) in [6.07, 6.45) is 2.48. The Bertz CT molecular complexity index is 302. The van der Waals surface area contributed by atoms with Crippen LogP contribution in [0.15, 0.2) is 18.5 Å². The Morgan fingerprint density at radius 2 is 2.33 bits per heavy atom. The summed E-state index contributed by atoms with van der Waals surface area (Å²) in [6, 6.07) is 1.21. The van der Waals surface area contributed by atoms with E-state index in [1.807, 2.05) is 0 Å². The first-order valence-corrected chi connectivity index (χ1v) is 3.22. The van der Waals surface area contributed by atoms with Crippen molar-refractivity contribution < 1.29 is 9.72 Å². The van der Waals surface area contributed by atoms with E-state index in [4.69, 9.17) is 0 Å². The van der Waals surface area contributed by atoms with Crippen LogP contribution < -0.4 is 0 Å². The molecule has 0 fully saturated rings. The number of hydrogen-bond acceptors (Lipinski definition) is 4. The molecular weight excluding hydrogens is 160 g/mol. The molecule has 0 bridgehead atoms. The third kappa shape index (κ3) is 1.45. The van der Waals surface area contributed by atoms with Crippen LogP contribution in [0.25, 0.3) is 0 Å². The number of carbonyl (C=O) groups excluding carboxylic acids is 1. The highest BCUT2D eigenvalue weighted by molar-refractivity contribution is 5.97. The van der Waals surface area contributed by atoms with Gasteiger partial charge < -0.3 is 0 Å². The van der Waals surface area contributed by atoms with E-state index in [1.54, 1.807) is 0 Å². The van der Waals surface area contributed by atoms with Gasteiger partial charge >= 0.3 is 0 Å². The predicted octanol–water partition coefficient (Wildman–Crippen LogP) is 1.19. The largest absolute Gasteiger partial charge is 0.294 e. The van der Waals surface area contributed by atoms with Crippen molar-refractivity contribution in [3.63, 3.8) is 0 Å². The zero-order chi connectivity index (χ0) is 9.14. The average molecular weight is 166 g/mol. The van der Waals surface area contributed by atoms with Gasteiger partial charge in [0, 0.05) is 18.5 Å². The molecular formula is C7H6N2O3. The summed E-state index contributed by atoms with van der Waals surface area (Å²) < 4.78 is 0. The molecule has 0 unspecified atom stereocenters. The van der Waals surface area contributed by atoms with E-state index in [0.717, 1.165) is 0 Å². The quantitative estimate of drug-likeness (QED) is 0.375. The van der Waals surface area contributed by atoms with Crippen LogP contribution in [0.2, 0.25) is 0 Å². The number of carbonyl (C=O) groups is 1. The molecule has 0 saturated heterocycles. The van der Waals surface area contributed by atoms with Gasteiger partial charge in [0.15, 0.2) is 5.78 Å². The van der Waals surface area contributed by atoms with Crippen LogP contribution in [0.4, 0.5) is 5.69 Å². The van der Waals surface area contributed by atoms with Gasteiger partial charge in [0.2, 0.25) is 0 Å². The first kappa shape index (κ1) is 8.32. The third-order valence-electron chi connectivity index (χ3n) is 1.37.